The molecular formula is C17H19N3O5S. The van der Waals surface area contributed by atoms with E-state index in [0.717, 1.165) is 0 Å². The van der Waals surface area contributed by atoms with E-state index < -0.39 is 5.79 Å². The molecule has 0 aromatic carbocycles. The molecule has 2 aromatic heterocycles. The van der Waals surface area contributed by atoms with E-state index in [1.165, 1.54) is 17.6 Å². The number of hydrogen-bond donors (Lipinski definition) is 1. The van der Waals surface area contributed by atoms with E-state index in [1.807, 2.05) is 4.90 Å². The van der Waals surface area contributed by atoms with Crippen molar-refractivity contribution in [2.45, 2.75) is 25.0 Å². The van der Waals surface area contributed by atoms with E-state index >= 15 is 0 Å². The van der Waals surface area contributed by atoms with Crippen LogP contribution in [0.4, 0.5) is 5.13 Å². The van der Waals surface area contributed by atoms with Crippen LogP contribution in [0.3, 0.4) is 0 Å². The van der Waals surface area contributed by atoms with Crippen molar-refractivity contribution < 1.29 is 23.5 Å². The lowest BCUT2D eigenvalue weighted by Crippen LogP contribution is -2.47. The predicted molar refractivity (Wildman–Crippen MR) is 92.9 cm³/mol. The first kappa shape index (κ1) is 17.2. The van der Waals surface area contributed by atoms with Gasteiger partial charge in [0.25, 0.3) is 5.91 Å². The Hall–Kier alpha value is -2.23. The molecule has 2 aliphatic heterocycles. The molecule has 0 saturated carbocycles. The van der Waals surface area contributed by atoms with Gasteiger partial charge in [-0.3, -0.25) is 14.9 Å². The van der Waals surface area contributed by atoms with Crippen molar-refractivity contribution in [2.75, 3.05) is 31.6 Å². The van der Waals surface area contributed by atoms with Gasteiger partial charge in [0.05, 0.1) is 31.6 Å². The Morgan fingerprint density at radius 1 is 1.27 bits per heavy atom. The molecule has 2 aliphatic rings. The average molecular weight is 377 g/mol. The molecule has 9 heteroatoms. The minimum atomic E-state index is -0.485. The molecule has 2 amide bonds. The highest BCUT2D eigenvalue weighted by molar-refractivity contribution is 7.14. The highest BCUT2D eigenvalue weighted by Crippen LogP contribution is 2.31. The molecule has 8 nitrogen and oxygen atoms in total. The van der Waals surface area contributed by atoms with Crippen molar-refractivity contribution >= 4 is 28.3 Å². The lowest BCUT2D eigenvalue weighted by molar-refractivity contribution is -0.187. The van der Waals surface area contributed by atoms with Crippen molar-refractivity contribution in [2.24, 2.45) is 0 Å². The van der Waals surface area contributed by atoms with Crippen LogP contribution < -0.4 is 5.32 Å². The summed E-state index contributed by atoms with van der Waals surface area (Å²) in [6.07, 6.45) is 3.04. The molecule has 1 N–H and O–H groups in total. The number of anilines is 1. The second kappa shape index (κ2) is 7.18. The molecule has 26 heavy (non-hydrogen) atoms. The molecule has 2 saturated heterocycles. The number of amides is 2. The number of carbonyl (C=O) groups is 2. The number of aromatic nitrogens is 1. The number of furan rings is 1. The Bertz CT molecular complexity index is 772. The second-order valence-corrected chi connectivity index (χ2v) is 7.10. The maximum absolute atomic E-state index is 12.5. The zero-order chi connectivity index (χ0) is 18.0. The average Bonchev–Trinajstić information content (AvgIpc) is 3.38. The SMILES string of the molecule is O=C(Nc1nc(CC(=O)N2CCC3(CC2)OCCO3)cs1)c1ccco1. The summed E-state index contributed by atoms with van der Waals surface area (Å²) in [5, 5.41) is 4.89. The molecule has 2 fully saturated rings. The van der Waals surface area contributed by atoms with Gasteiger partial charge in [0, 0.05) is 31.3 Å². The molecule has 1 spiro atoms. The van der Waals surface area contributed by atoms with Crippen molar-refractivity contribution in [3.8, 4) is 0 Å². The van der Waals surface area contributed by atoms with Gasteiger partial charge in [-0.25, -0.2) is 4.98 Å². The normalized spacial score (nSPS) is 19.0. The van der Waals surface area contributed by atoms with Gasteiger partial charge < -0.3 is 18.8 Å². The van der Waals surface area contributed by atoms with Crippen LogP contribution >= 0.6 is 11.3 Å². The number of ether oxygens (including phenoxy) is 2. The molecule has 4 rings (SSSR count). The summed E-state index contributed by atoms with van der Waals surface area (Å²) in [5.41, 5.74) is 0.642. The second-order valence-electron chi connectivity index (χ2n) is 6.24. The summed E-state index contributed by atoms with van der Waals surface area (Å²) in [4.78, 5) is 30.6. The topological polar surface area (TPSA) is 93.9 Å². The molecule has 0 atom stereocenters. The highest BCUT2D eigenvalue weighted by Gasteiger charge is 2.40. The smallest absolute Gasteiger partial charge is 0.293 e. The molecule has 2 aromatic rings. The summed E-state index contributed by atoms with van der Waals surface area (Å²) >= 11 is 1.28. The zero-order valence-corrected chi connectivity index (χ0v) is 14.9. The van der Waals surface area contributed by atoms with Gasteiger partial charge in [-0.1, -0.05) is 0 Å². The van der Waals surface area contributed by atoms with Crippen LogP contribution in [0, 0.1) is 0 Å². The third-order valence-electron chi connectivity index (χ3n) is 4.54. The summed E-state index contributed by atoms with van der Waals surface area (Å²) in [6, 6.07) is 3.22. The Balaban J connectivity index is 1.30. The Labute approximate surface area is 154 Å². The molecule has 0 radical (unpaired) electrons. The molecule has 4 heterocycles. The lowest BCUT2D eigenvalue weighted by Gasteiger charge is -2.37. The van der Waals surface area contributed by atoms with Gasteiger partial charge >= 0.3 is 0 Å². The fraction of sp³-hybridized carbons (Fsp3) is 0.471. The first-order chi connectivity index (χ1) is 12.6. The number of nitrogens with one attached hydrogen (secondary N) is 1. The number of piperidine rings is 1. The van der Waals surface area contributed by atoms with E-state index in [2.05, 4.69) is 10.3 Å². The Morgan fingerprint density at radius 3 is 2.73 bits per heavy atom. The van der Waals surface area contributed by atoms with Gasteiger partial charge in [-0.15, -0.1) is 11.3 Å². The van der Waals surface area contributed by atoms with Crippen LogP contribution in [0.2, 0.25) is 0 Å². The maximum Gasteiger partial charge on any atom is 0.293 e. The zero-order valence-electron chi connectivity index (χ0n) is 14.1. The van der Waals surface area contributed by atoms with Crippen LogP contribution in [0.15, 0.2) is 28.2 Å². The van der Waals surface area contributed by atoms with Gasteiger partial charge in [0.2, 0.25) is 5.91 Å². The first-order valence-corrected chi connectivity index (χ1v) is 9.36. The minimum absolute atomic E-state index is 0.0204. The van der Waals surface area contributed by atoms with Crippen molar-refractivity contribution in [1.29, 1.82) is 0 Å². The van der Waals surface area contributed by atoms with Crippen LogP contribution in [0.25, 0.3) is 0 Å². The van der Waals surface area contributed by atoms with Crippen LogP contribution in [-0.4, -0.2) is 53.8 Å². The third-order valence-corrected chi connectivity index (χ3v) is 5.35. The van der Waals surface area contributed by atoms with E-state index in [1.54, 1.807) is 17.5 Å². The molecule has 0 bridgehead atoms. The number of nitrogens with zero attached hydrogens (tertiary/aromatic N) is 2. The fourth-order valence-corrected chi connectivity index (χ4v) is 3.87. The lowest BCUT2D eigenvalue weighted by atomic mass is 10.0. The third kappa shape index (κ3) is 3.64. The number of carbonyl (C=O) groups excluding carboxylic acids is 2. The largest absolute Gasteiger partial charge is 0.459 e. The molecule has 138 valence electrons. The van der Waals surface area contributed by atoms with Crippen LogP contribution in [-0.2, 0) is 20.7 Å². The quantitative estimate of drug-likeness (QED) is 0.875. The van der Waals surface area contributed by atoms with E-state index in [9.17, 15) is 9.59 Å². The van der Waals surface area contributed by atoms with Gasteiger partial charge in [-0.05, 0) is 12.1 Å². The fourth-order valence-electron chi connectivity index (χ4n) is 3.16. The van der Waals surface area contributed by atoms with Crippen molar-refractivity contribution in [3.63, 3.8) is 0 Å². The molecular weight excluding hydrogens is 358 g/mol. The molecule has 0 unspecified atom stereocenters. The summed E-state index contributed by atoms with van der Waals surface area (Å²) in [7, 11) is 0. The predicted octanol–water partition coefficient (Wildman–Crippen LogP) is 1.90. The van der Waals surface area contributed by atoms with Crippen LogP contribution in [0.5, 0.6) is 0 Å². The monoisotopic (exact) mass is 377 g/mol. The number of thiazole rings is 1. The molecule has 0 aliphatic carbocycles. The standard InChI is InChI=1S/C17H19N3O5S/c21-14(20-5-3-17(4-6-20)24-8-9-25-17)10-12-11-26-16(18-12)19-15(22)13-2-1-7-23-13/h1-2,7,11H,3-6,8-10H2,(H,18,19,22). The van der Waals surface area contributed by atoms with Gasteiger partial charge in [0.15, 0.2) is 16.7 Å². The summed E-state index contributed by atoms with van der Waals surface area (Å²) in [5.74, 6) is -0.607. The Kier molecular flexibility index (Phi) is 4.75. The van der Waals surface area contributed by atoms with Crippen molar-refractivity contribution in [1.82, 2.24) is 9.88 Å². The van der Waals surface area contributed by atoms with E-state index in [0.29, 0.717) is 50.0 Å². The van der Waals surface area contributed by atoms with E-state index in [4.69, 9.17) is 13.9 Å². The summed E-state index contributed by atoms with van der Waals surface area (Å²) < 4.78 is 16.4. The first-order valence-electron chi connectivity index (χ1n) is 8.49. The number of rotatable bonds is 4. The highest BCUT2D eigenvalue weighted by atomic mass is 32.1. The number of likely N-dealkylation sites (tertiary alicyclic amines) is 1. The van der Waals surface area contributed by atoms with Crippen LogP contribution in [0.1, 0.15) is 29.1 Å². The van der Waals surface area contributed by atoms with E-state index in [-0.39, 0.29) is 24.0 Å². The van der Waals surface area contributed by atoms with Gasteiger partial charge in [0.1, 0.15) is 0 Å². The van der Waals surface area contributed by atoms with Gasteiger partial charge in [-0.2, -0.15) is 0 Å². The summed E-state index contributed by atoms with van der Waals surface area (Å²) in [6.45, 7) is 2.48. The minimum Gasteiger partial charge on any atom is -0.459 e. The number of hydrogen-bond acceptors (Lipinski definition) is 7. The Morgan fingerprint density at radius 2 is 2.04 bits per heavy atom. The maximum atomic E-state index is 12.5. The van der Waals surface area contributed by atoms with Crippen molar-refractivity contribution in [3.05, 3.63) is 35.2 Å².